The summed E-state index contributed by atoms with van der Waals surface area (Å²) in [5, 5.41) is 42.5. The van der Waals surface area contributed by atoms with Gasteiger partial charge in [-0.05, 0) is 48.2 Å². The first-order valence-electron chi connectivity index (χ1n) is 23.6. The zero-order valence-corrected chi connectivity index (χ0v) is 41.4. The van der Waals surface area contributed by atoms with Crippen molar-refractivity contribution in [3.63, 3.8) is 0 Å². The highest BCUT2D eigenvalue weighted by Gasteiger charge is 2.40. The lowest BCUT2D eigenvalue weighted by atomic mass is 10.0. The van der Waals surface area contributed by atoms with Crippen molar-refractivity contribution in [2.24, 2.45) is 0 Å². The largest absolute Gasteiger partial charge is 0.481 e. The van der Waals surface area contributed by atoms with Crippen LogP contribution < -0.4 is 21.3 Å². The number of carbonyl (C=O) groups excluding carboxylic acids is 9. The summed E-state index contributed by atoms with van der Waals surface area (Å²) in [6, 6.07) is 27.0. The molecule has 0 radical (unpaired) electrons. The molecule has 4 heterocycles. The van der Waals surface area contributed by atoms with E-state index in [0.717, 1.165) is 11.1 Å². The summed E-state index contributed by atoms with van der Waals surface area (Å²) >= 11 is 0. The molecule has 8 rings (SSSR count). The number of amides is 7. The maximum absolute atomic E-state index is 12.9. The standard InChI is InChI=1S/C24H23N3O5.C16H15N3O6.C10H10O4.C3H4O4/c1-15-20(10-11-21(28)25-15)27-13-18-17(24(27)31)8-5-9-19(18)26-22(29)12-23(30)32-14-16-6-3-2-4-7-16;20-12-5-4-11(15(24)18-12)19-7-9-8(16(19)25)2-1-3-10(9)17-13(21)6-14(22)23;11-9(12)6-10(13)14-7-8-4-2-1-3-5-8;4-2(5)1-3(6)7/h2-9,20H,1,10-14H2,(H,25,28)(H,26,29);1-3,11H,4-7H2,(H,17,21)(H,22,23)(H,18,20,24);1-5H,6-7H2,(H,11,12);1H2,(H,4,5)(H,6,7). The molecule has 2 saturated heterocycles. The molecular formula is C53H52N6O19. The Morgan fingerprint density at radius 3 is 1.35 bits per heavy atom. The molecule has 4 aliphatic heterocycles. The van der Waals surface area contributed by atoms with Gasteiger partial charge in [-0.15, -0.1) is 0 Å². The van der Waals surface area contributed by atoms with Gasteiger partial charge in [-0.1, -0.05) is 79.4 Å². The van der Waals surface area contributed by atoms with E-state index in [0.29, 0.717) is 52.2 Å². The van der Waals surface area contributed by atoms with Gasteiger partial charge in [0, 0.05) is 65.3 Å². The van der Waals surface area contributed by atoms with E-state index >= 15 is 0 Å². The Kier molecular flexibility index (Phi) is 21.1. The van der Waals surface area contributed by atoms with Crippen LogP contribution >= 0.6 is 0 Å². The van der Waals surface area contributed by atoms with E-state index in [9.17, 15) is 62.3 Å². The second-order valence-electron chi connectivity index (χ2n) is 17.3. The number of ether oxygens (including phenoxy) is 2. The topological polar surface area (TPSA) is 376 Å². The third-order valence-electron chi connectivity index (χ3n) is 11.5. The summed E-state index contributed by atoms with van der Waals surface area (Å²) in [5.74, 6) is -9.17. The van der Waals surface area contributed by atoms with Crippen molar-refractivity contribution < 1.29 is 92.2 Å². The smallest absolute Gasteiger partial charge is 0.317 e. The molecule has 7 amide bonds. The number of fused-ring (bicyclic) bond motifs is 2. The Balaban J connectivity index is 0.000000215. The van der Waals surface area contributed by atoms with Crippen molar-refractivity contribution in [1.29, 1.82) is 0 Å². The summed E-state index contributed by atoms with van der Waals surface area (Å²) in [5.41, 5.74) is 5.01. The SMILES string of the molecule is C=C1NC(=O)CCC1N1Cc2c(NC(=O)CC(=O)OCc3ccccc3)cccc2C1=O.O=C(O)CC(=O)Nc1cccc2c1CN(C1CCC(=O)NC1=O)C2=O.O=C(O)CC(=O)O.O=C(O)CC(=O)OCc1ccccc1. The van der Waals surface area contributed by atoms with Crippen molar-refractivity contribution in [3.05, 3.63) is 143 Å². The third kappa shape index (κ3) is 17.5. The van der Waals surface area contributed by atoms with E-state index in [4.69, 9.17) is 29.9 Å². The number of hydrogen-bond acceptors (Lipinski definition) is 15. The number of carbonyl (C=O) groups is 13. The minimum Gasteiger partial charge on any atom is -0.481 e. The van der Waals surface area contributed by atoms with Gasteiger partial charge in [-0.3, -0.25) is 67.6 Å². The zero-order chi connectivity index (χ0) is 57.1. The van der Waals surface area contributed by atoms with Crippen molar-refractivity contribution >= 4 is 88.5 Å². The lowest BCUT2D eigenvalue weighted by Crippen LogP contribution is -2.52. The summed E-state index contributed by atoms with van der Waals surface area (Å²) < 4.78 is 9.88. The molecule has 0 bridgehead atoms. The van der Waals surface area contributed by atoms with E-state index in [-0.39, 0.29) is 68.8 Å². The molecule has 2 atom stereocenters. The van der Waals surface area contributed by atoms with Gasteiger partial charge in [0.25, 0.3) is 11.8 Å². The Hall–Kier alpha value is -10.1. The van der Waals surface area contributed by atoms with Crippen LogP contribution in [-0.4, -0.2) is 119 Å². The molecule has 25 nitrogen and oxygen atoms in total. The first-order valence-corrected chi connectivity index (χ1v) is 23.6. The second-order valence-corrected chi connectivity index (χ2v) is 17.3. The lowest BCUT2D eigenvalue weighted by molar-refractivity contribution is -0.153. The van der Waals surface area contributed by atoms with Gasteiger partial charge in [0.05, 0.1) is 6.04 Å². The van der Waals surface area contributed by atoms with E-state index < -0.39 is 85.3 Å². The van der Waals surface area contributed by atoms with Crippen LogP contribution in [0, 0.1) is 0 Å². The van der Waals surface area contributed by atoms with Crippen LogP contribution in [0.15, 0.2) is 109 Å². The Bertz CT molecular complexity index is 3010. The monoisotopic (exact) mass is 1080 g/mol. The summed E-state index contributed by atoms with van der Waals surface area (Å²) in [4.78, 5) is 150. The Labute approximate surface area is 443 Å². The number of nitrogens with zero attached hydrogens (tertiary/aromatic N) is 2. The molecule has 8 N–H and O–H groups in total. The number of piperidine rings is 2. The number of benzene rings is 4. The predicted octanol–water partition coefficient (Wildman–Crippen LogP) is 3.12. The summed E-state index contributed by atoms with van der Waals surface area (Å²) in [6.45, 7) is 4.48. The number of anilines is 2. The van der Waals surface area contributed by atoms with Crippen LogP contribution in [0.4, 0.5) is 11.4 Å². The summed E-state index contributed by atoms with van der Waals surface area (Å²) in [6.07, 6.45) is -1.30. The van der Waals surface area contributed by atoms with E-state index in [1.165, 1.54) is 4.90 Å². The average Bonchev–Trinajstić information content (AvgIpc) is 3.96. The number of hydrogen-bond donors (Lipinski definition) is 8. The number of carboxylic acids is 4. The number of carboxylic acid groups (broad SMARTS) is 4. The second kappa shape index (κ2) is 28.0. The Morgan fingerprint density at radius 2 is 0.923 bits per heavy atom. The van der Waals surface area contributed by atoms with Crippen molar-refractivity contribution in [2.45, 2.75) is 89.8 Å². The average molecular weight is 1080 g/mol. The fourth-order valence-corrected chi connectivity index (χ4v) is 8.03. The van der Waals surface area contributed by atoms with Gasteiger partial charge in [-0.25, -0.2) is 0 Å². The number of nitrogens with one attached hydrogen (secondary N) is 4. The molecule has 0 saturated carbocycles. The van der Waals surface area contributed by atoms with Gasteiger partial charge in [0.2, 0.25) is 29.5 Å². The normalized spacial score (nSPS) is 15.8. The minimum atomic E-state index is -1.31. The highest BCUT2D eigenvalue weighted by atomic mass is 16.5. The van der Waals surface area contributed by atoms with Crippen LogP contribution in [0.2, 0.25) is 0 Å². The molecule has 2 fully saturated rings. The maximum atomic E-state index is 12.9. The fourth-order valence-electron chi connectivity index (χ4n) is 8.03. The highest BCUT2D eigenvalue weighted by molar-refractivity contribution is 6.08. The quantitative estimate of drug-likeness (QED) is 0.0454. The van der Waals surface area contributed by atoms with Crippen molar-refractivity contribution in [1.82, 2.24) is 20.4 Å². The van der Waals surface area contributed by atoms with Crippen LogP contribution in [0.25, 0.3) is 0 Å². The molecule has 78 heavy (non-hydrogen) atoms. The van der Waals surface area contributed by atoms with Crippen molar-refractivity contribution in [3.8, 4) is 0 Å². The predicted molar refractivity (Wildman–Crippen MR) is 268 cm³/mol. The number of rotatable bonds is 16. The fraction of sp³-hybridized carbons (Fsp3) is 0.264. The van der Waals surface area contributed by atoms with Crippen LogP contribution in [-0.2, 0) is 88.5 Å². The van der Waals surface area contributed by atoms with Crippen LogP contribution in [0.3, 0.4) is 0 Å². The van der Waals surface area contributed by atoms with Gasteiger partial charge >= 0.3 is 35.8 Å². The molecule has 25 heteroatoms. The third-order valence-corrected chi connectivity index (χ3v) is 11.5. The van der Waals surface area contributed by atoms with Gasteiger partial charge in [-0.2, -0.15) is 0 Å². The first-order chi connectivity index (χ1) is 37.1. The van der Waals surface area contributed by atoms with Gasteiger partial charge in [0.15, 0.2) is 0 Å². The van der Waals surface area contributed by atoms with E-state index in [2.05, 4.69) is 27.8 Å². The molecule has 408 valence electrons. The number of aliphatic carboxylic acids is 4. The molecule has 0 spiro atoms. The van der Waals surface area contributed by atoms with E-state index in [1.807, 2.05) is 48.5 Å². The van der Waals surface area contributed by atoms with Gasteiger partial charge in [0.1, 0.15) is 44.9 Å². The molecule has 4 aliphatic rings. The minimum absolute atomic E-state index is 0.0962. The maximum Gasteiger partial charge on any atom is 0.317 e. The van der Waals surface area contributed by atoms with E-state index in [1.54, 1.807) is 53.4 Å². The van der Waals surface area contributed by atoms with Crippen LogP contribution in [0.5, 0.6) is 0 Å². The first kappa shape index (κ1) is 58.8. The molecule has 0 aliphatic carbocycles. The number of imide groups is 1. The van der Waals surface area contributed by atoms with Crippen molar-refractivity contribution in [2.75, 3.05) is 10.6 Å². The van der Waals surface area contributed by atoms with Gasteiger partial charge < -0.3 is 55.7 Å². The zero-order valence-electron chi connectivity index (χ0n) is 41.4. The molecule has 2 unspecified atom stereocenters. The molecular weight excluding hydrogens is 1020 g/mol. The Morgan fingerprint density at radius 1 is 0.513 bits per heavy atom. The molecule has 4 aromatic rings. The lowest BCUT2D eigenvalue weighted by Gasteiger charge is -2.32. The molecule has 0 aromatic heterocycles. The molecule has 4 aromatic carbocycles. The van der Waals surface area contributed by atoms with Crippen LogP contribution in [0.1, 0.15) is 94.3 Å². The summed E-state index contributed by atoms with van der Waals surface area (Å²) in [7, 11) is 0. The highest BCUT2D eigenvalue weighted by Crippen LogP contribution is 2.35. The number of esters is 2.